The van der Waals surface area contributed by atoms with Gasteiger partial charge in [-0.3, -0.25) is 19.8 Å². The molecule has 1 aliphatic heterocycles. The van der Waals surface area contributed by atoms with Gasteiger partial charge in [0.05, 0.1) is 12.7 Å². The van der Waals surface area contributed by atoms with Gasteiger partial charge in [0.2, 0.25) is 11.8 Å². The van der Waals surface area contributed by atoms with Crippen molar-refractivity contribution in [1.29, 1.82) is 0 Å². The van der Waals surface area contributed by atoms with Crippen molar-refractivity contribution in [3.63, 3.8) is 0 Å². The molecule has 1 fully saturated rings. The van der Waals surface area contributed by atoms with Crippen molar-refractivity contribution in [3.05, 3.63) is 54.3 Å². The largest absolute Gasteiger partial charge is 0.465 e. The average molecular weight is 357 g/mol. The lowest BCUT2D eigenvalue weighted by Crippen LogP contribution is -2.58. The third-order valence-electron chi connectivity index (χ3n) is 3.76. The lowest BCUT2D eigenvalue weighted by Gasteiger charge is -2.31. The van der Waals surface area contributed by atoms with Crippen LogP contribution in [0.25, 0.3) is 0 Å². The van der Waals surface area contributed by atoms with Crippen molar-refractivity contribution in [2.24, 2.45) is 5.92 Å². The van der Waals surface area contributed by atoms with E-state index in [1.54, 1.807) is 31.2 Å². The summed E-state index contributed by atoms with van der Waals surface area (Å²) in [7, 11) is 1.27. The fraction of sp³-hybridized carbons (Fsp3) is 0.222. The number of nitrogens with one attached hydrogen (secondary N) is 2. The number of amides is 4. The fourth-order valence-electron chi connectivity index (χ4n) is 2.51. The Hall–Kier alpha value is -3.42. The Morgan fingerprint density at radius 1 is 1.38 bits per heavy atom. The fourth-order valence-corrected chi connectivity index (χ4v) is 2.51. The SMILES string of the molecule is C=CCN1C(=O)NC(=O)[C@@H](/C(=C/C)Nc2cccc(C(=O)OC)c2)C1=O. The second kappa shape index (κ2) is 8.11. The van der Waals surface area contributed by atoms with Crippen molar-refractivity contribution < 1.29 is 23.9 Å². The van der Waals surface area contributed by atoms with E-state index in [1.807, 2.05) is 0 Å². The monoisotopic (exact) mass is 357 g/mol. The van der Waals surface area contributed by atoms with Gasteiger partial charge in [-0.05, 0) is 25.1 Å². The lowest BCUT2D eigenvalue weighted by atomic mass is 9.99. The number of carbonyl (C=O) groups excluding carboxylic acids is 4. The zero-order valence-corrected chi connectivity index (χ0v) is 14.4. The third kappa shape index (κ3) is 3.80. The van der Waals surface area contributed by atoms with Crippen molar-refractivity contribution in [1.82, 2.24) is 10.2 Å². The summed E-state index contributed by atoms with van der Waals surface area (Å²) in [6.07, 6.45) is 2.96. The minimum absolute atomic E-state index is 0.0106. The van der Waals surface area contributed by atoms with Crippen LogP contribution in [-0.2, 0) is 14.3 Å². The normalized spacial score (nSPS) is 17.6. The molecule has 1 saturated heterocycles. The molecular weight excluding hydrogens is 338 g/mol. The molecule has 8 nitrogen and oxygen atoms in total. The van der Waals surface area contributed by atoms with Crippen molar-refractivity contribution in [2.75, 3.05) is 19.0 Å². The summed E-state index contributed by atoms with van der Waals surface area (Å²) in [5.74, 6) is -3.09. The maximum Gasteiger partial charge on any atom is 0.337 e. The summed E-state index contributed by atoms with van der Waals surface area (Å²) in [5.41, 5.74) is 1.10. The molecule has 0 spiro atoms. The summed E-state index contributed by atoms with van der Waals surface area (Å²) >= 11 is 0. The number of benzene rings is 1. The van der Waals surface area contributed by atoms with Crippen LogP contribution < -0.4 is 10.6 Å². The number of allylic oxidation sites excluding steroid dienone is 1. The van der Waals surface area contributed by atoms with E-state index in [0.717, 1.165) is 4.90 Å². The summed E-state index contributed by atoms with van der Waals surface area (Å²) in [6.45, 7) is 5.15. The van der Waals surface area contributed by atoms with Gasteiger partial charge in [-0.15, -0.1) is 6.58 Å². The topological polar surface area (TPSA) is 105 Å². The number of esters is 1. The number of nitrogens with zero attached hydrogens (tertiary/aromatic N) is 1. The van der Waals surface area contributed by atoms with E-state index in [0.29, 0.717) is 11.3 Å². The first-order valence-electron chi connectivity index (χ1n) is 7.81. The van der Waals surface area contributed by atoms with Crippen LogP contribution in [0.1, 0.15) is 17.3 Å². The number of methoxy groups -OCH3 is 1. The maximum atomic E-state index is 12.6. The molecule has 2 rings (SSSR count). The molecule has 0 saturated carbocycles. The van der Waals surface area contributed by atoms with Crippen molar-refractivity contribution >= 4 is 29.5 Å². The van der Waals surface area contributed by atoms with E-state index >= 15 is 0 Å². The Kier molecular flexibility index (Phi) is 5.90. The average Bonchev–Trinajstić information content (AvgIpc) is 2.63. The van der Waals surface area contributed by atoms with E-state index in [4.69, 9.17) is 0 Å². The highest BCUT2D eigenvalue weighted by Crippen LogP contribution is 2.22. The predicted molar refractivity (Wildman–Crippen MR) is 94.1 cm³/mol. The molecule has 2 N–H and O–H groups in total. The smallest absolute Gasteiger partial charge is 0.337 e. The molecule has 136 valence electrons. The van der Waals surface area contributed by atoms with Gasteiger partial charge in [0.1, 0.15) is 0 Å². The Balaban J connectivity index is 2.29. The van der Waals surface area contributed by atoms with Crippen LogP contribution >= 0.6 is 0 Å². The maximum absolute atomic E-state index is 12.6. The molecule has 1 atom stereocenters. The Morgan fingerprint density at radius 3 is 2.73 bits per heavy atom. The number of carbonyl (C=O) groups is 4. The van der Waals surface area contributed by atoms with Crippen LogP contribution in [0.15, 0.2) is 48.7 Å². The second-order valence-corrected chi connectivity index (χ2v) is 5.41. The van der Waals surface area contributed by atoms with Gasteiger partial charge < -0.3 is 10.1 Å². The first-order valence-corrected chi connectivity index (χ1v) is 7.81. The summed E-state index contributed by atoms with van der Waals surface area (Å²) < 4.78 is 4.67. The van der Waals surface area contributed by atoms with Crippen LogP contribution in [0, 0.1) is 5.92 Å². The van der Waals surface area contributed by atoms with Crippen LogP contribution in [0.2, 0.25) is 0 Å². The molecule has 26 heavy (non-hydrogen) atoms. The first kappa shape index (κ1) is 18.9. The van der Waals surface area contributed by atoms with Crippen molar-refractivity contribution in [3.8, 4) is 0 Å². The quantitative estimate of drug-likeness (QED) is 0.456. The summed E-state index contributed by atoms with van der Waals surface area (Å²) in [6, 6.07) is 5.65. The van der Waals surface area contributed by atoms with Gasteiger partial charge in [-0.2, -0.15) is 0 Å². The number of anilines is 1. The van der Waals surface area contributed by atoms with E-state index < -0.39 is 29.7 Å². The van der Waals surface area contributed by atoms with E-state index in [-0.39, 0.29) is 12.2 Å². The number of hydrogen-bond donors (Lipinski definition) is 2. The van der Waals surface area contributed by atoms with Gasteiger partial charge in [-0.25, -0.2) is 9.59 Å². The minimum atomic E-state index is -1.21. The highest BCUT2D eigenvalue weighted by molar-refractivity contribution is 6.18. The first-order chi connectivity index (χ1) is 12.4. The van der Waals surface area contributed by atoms with Gasteiger partial charge in [-0.1, -0.05) is 18.2 Å². The molecule has 1 aliphatic rings. The molecule has 1 aromatic rings. The molecule has 1 aromatic carbocycles. The molecular formula is C18H19N3O5. The van der Waals surface area contributed by atoms with Crippen molar-refractivity contribution in [2.45, 2.75) is 6.92 Å². The Labute approximate surface area is 150 Å². The molecule has 1 heterocycles. The molecule has 0 radical (unpaired) electrons. The number of imide groups is 2. The molecule has 4 amide bonds. The molecule has 8 heteroatoms. The van der Waals surface area contributed by atoms with Gasteiger partial charge in [0.25, 0.3) is 0 Å². The molecule has 0 bridgehead atoms. The van der Waals surface area contributed by atoms with Gasteiger partial charge in [0, 0.05) is 17.9 Å². The Morgan fingerprint density at radius 2 is 2.12 bits per heavy atom. The van der Waals surface area contributed by atoms with Crippen LogP contribution in [0.4, 0.5) is 10.5 Å². The second-order valence-electron chi connectivity index (χ2n) is 5.41. The molecule has 0 aliphatic carbocycles. The highest BCUT2D eigenvalue weighted by Gasteiger charge is 2.42. The van der Waals surface area contributed by atoms with Crippen LogP contribution in [0.3, 0.4) is 0 Å². The summed E-state index contributed by atoms with van der Waals surface area (Å²) in [4.78, 5) is 49.2. The highest BCUT2D eigenvalue weighted by atomic mass is 16.5. The predicted octanol–water partition coefficient (Wildman–Crippen LogP) is 1.67. The zero-order chi connectivity index (χ0) is 19.3. The molecule has 0 unspecified atom stereocenters. The number of urea groups is 1. The lowest BCUT2D eigenvalue weighted by molar-refractivity contribution is -0.140. The summed E-state index contributed by atoms with van der Waals surface area (Å²) in [5, 5.41) is 5.12. The minimum Gasteiger partial charge on any atom is -0.465 e. The Bertz CT molecular complexity index is 800. The number of barbiturate groups is 1. The van der Waals surface area contributed by atoms with Gasteiger partial charge >= 0.3 is 12.0 Å². The molecule has 0 aromatic heterocycles. The van der Waals surface area contributed by atoms with E-state index in [9.17, 15) is 19.2 Å². The number of hydrogen-bond acceptors (Lipinski definition) is 6. The zero-order valence-electron chi connectivity index (χ0n) is 14.4. The van der Waals surface area contributed by atoms with E-state index in [1.165, 1.54) is 19.3 Å². The van der Waals surface area contributed by atoms with Gasteiger partial charge in [0.15, 0.2) is 5.92 Å². The third-order valence-corrected chi connectivity index (χ3v) is 3.76. The number of rotatable bonds is 6. The van der Waals surface area contributed by atoms with Crippen LogP contribution in [0.5, 0.6) is 0 Å². The standard InChI is InChI=1S/C18H19N3O5/c1-4-9-21-16(23)14(15(22)20-18(21)25)13(5-2)19-12-8-6-7-11(10-12)17(24)26-3/h4-8,10,14,19H,1,9H2,2-3H3,(H,20,22,25)/b13-5-/t14-/m1/s1. The van der Waals surface area contributed by atoms with Crippen LogP contribution in [-0.4, -0.2) is 42.4 Å². The number of ether oxygens (including phenoxy) is 1. The van der Waals surface area contributed by atoms with E-state index in [2.05, 4.69) is 21.9 Å².